The van der Waals surface area contributed by atoms with Crippen LogP contribution in [0.2, 0.25) is 0 Å². The van der Waals surface area contributed by atoms with Gasteiger partial charge in [-0.3, -0.25) is 5.32 Å². The highest BCUT2D eigenvalue weighted by Gasteiger charge is 2.07. The van der Waals surface area contributed by atoms with E-state index in [1.54, 1.807) is 19.1 Å². The van der Waals surface area contributed by atoms with Gasteiger partial charge in [-0.1, -0.05) is 12.2 Å². The monoisotopic (exact) mass is 250 g/mol. The average molecular weight is 250 g/mol. The molecule has 98 valence electrons. The lowest BCUT2D eigenvalue weighted by Gasteiger charge is -2.10. The van der Waals surface area contributed by atoms with Crippen LogP contribution in [0.4, 0.5) is 16.2 Å². The quantitative estimate of drug-likeness (QED) is 0.555. The van der Waals surface area contributed by atoms with Gasteiger partial charge in [0.15, 0.2) is 0 Å². The summed E-state index contributed by atoms with van der Waals surface area (Å²) in [6.07, 6.45) is -0.588. The molecule has 18 heavy (non-hydrogen) atoms. The molecule has 5 heteroatoms. The zero-order chi connectivity index (χ0) is 13.5. The van der Waals surface area contributed by atoms with E-state index in [0.29, 0.717) is 12.2 Å². The molecular formula is C13H18N2O3. The van der Waals surface area contributed by atoms with E-state index in [2.05, 4.69) is 17.2 Å². The largest absolute Gasteiger partial charge is 0.506 e. The van der Waals surface area contributed by atoms with Gasteiger partial charge in [-0.25, -0.2) is 4.79 Å². The average Bonchev–Trinajstić information content (AvgIpc) is 2.30. The van der Waals surface area contributed by atoms with Crippen molar-refractivity contribution in [3.8, 4) is 5.75 Å². The van der Waals surface area contributed by atoms with E-state index in [4.69, 9.17) is 4.74 Å². The van der Waals surface area contributed by atoms with E-state index in [-0.39, 0.29) is 12.4 Å². The summed E-state index contributed by atoms with van der Waals surface area (Å²) in [4.78, 5) is 11.2. The molecule has 3 N–H and O–H groups in total. The van der Waals surface area contributed by atoms with E-state index in [1.807, 2.05) is 6.92 Å². The summed E-state index contributed by atoms with van der Waals surface area (Å²) in [7, 11) is 0. The summed E-state index contributed by atoms with van der Waals surface area (Å²) in [5.74, 6) is -0.0187. The third-order valence-electron chi connectivity index (χ3n) is 2.10. The van der Waals surface area contributed by atoms with Crippen molar-refractivity contribution in [2.24, 2.45) is 0 Å². The number of aromatic hydroxyl groups is 1. The molecule has 0 saturated carbocycles. The number of hydrogen-bond donors (Lipinski definition) is 3. The van der Waals surface area contributed by atoms with Crippen molar-refractivity contribution >= 4 is 17.5 Å². The molecule has 0 heterocycles. The third kappa shape index (κ3) is 4.37. The molecule has 1 amide bonds. The fourth-order valence-corrected chi connectivity index (χ4v) is 1.28. The number of ether oxygens (including phenoxy) is 1. The molecule has 0 saturated heterocycles. The van der Waals surface area contributed by atoms with E-state index in [0.717, 1.165) is 11.3 Å². The number of rotatable bonds is 5. The predicted molar refractivity (Wildman–Crippen MR) is 72.1 cm³/mol. The van der Waals surface area contributed by atoms with Gasteiger partial charge in [0.25, 0.3) is 0 Å². The standard InChI is InChI=1S/C13H18N2O3/c1-4-18-13(17)15-11-6-5-10(7-12(11)16)14-8-9(2)3/h5-7,14,16H,2,4,8H2,1,3H3,(H,15,17). The maximum atomic E-state index is 11.2. The Morgan fingerprint density at radius 3 is 2.78 bits per heavy atom. The van der Waals surface area contributed by atoms with E-state index < -0.39 is 6.09 Å². The van der Waals surface area contributed by atoms with Gasteiger partial charge < -0.3 is 15.2 Å². The van der Waals surface area contributed by atoms with Crippen LogP contribution in [0.5, 0.6) is 5.75 Å². The first kappa shape index (κ1) is 13.9. The number of benzene rings is 1. The van der Waals surface area contributed by atoms with Crippen LogP contribution < -0.4 is 10.6 Å². The van der Waals surface area contributed by atoms with Crippen LogP contribution in [0, 0.1) is 0 Å². The van der Waals surface area contributed by atoms with Crippen LogP contribution in [0.15, 0.2) is 30.4 Å². The molecule has 0 unspecified atom stereocenters. The number of nitrogens with one attached hydrogen (secondary N) is 2. The summed E-state index contributed by atoms with van der Waals surface area (Å²) in [6, 6.07) is 4.89. The number of hydrogen-bond acceptors (Lipinski definition) is 4. The second kappa shape index (κ2) is 6.54. The van der Waals surface area contributed by atoms with Crippen LogP contribution >= 0.6 is 0 Å². The number of carbonyl (C=O) groups is 1. The van der Waals surface area contributed by atoms with Gasteiger partial charge in [-0.15, -0.1) is 0 Å². The SMILES string of the molecule is C=C(C)CNc1ccc(NC(=O)OCC)c(O)c1. The van der Waals surface area contributed by atoms with Gasteiger partial charge in [0, 0.05) is 18.3 Å². The molecule has 1 rings (SSSR count). The fraction of sp³-hybridized carbons (Fsp3) is 0.308. The fourth-order valence-electron chi connectivity index (χ4n) is 1.28. The van der Waals surface area contributed by atoms with Crippen molar-refractivity contribution in [3.63, 3.8) is 0 Å². The van der Waals surface area contributed by atoms with Crippen molar-refractivity contribution in [3.05, 3.63) is 30.4 Å². The van der Waals surface area contributed by atoms with E-state index >= 15 is 0 Å². The lowest BCUT2D eigenvalue weighted by atomic mass is 10.2. The smallest absolute Gasteiger partial charge is 0.411 e. The molecule has 0 radical (unpaired) electrons. The maximum Gasteiger partial charge on any atom is 0.411 e. The Labute approximate surface area is 106 Å². The molecule has 0 aliphatic heterocycles. The van der Waals surface area contributed by atoms with Gasteiger partial charge in [0.2, 0.25) is 0 Å². The molecule has 1 aromatic carbocycles. The van der Waals surface area contributed by atoms with Gasteiger partial charge in [0.1, 0.15) is 5.75 Å². The first-order valence-electron chi connectivity index (χ1n) is 5.68. The molecule has 0 aliphatic rings. The van der Waals surface area contributed by atoms with Crippen LogP contribution in [0.25, 0.3) is 0 Å². The van der Waals surface area contributed by atoms with Gasteiger partial charge in [-0.2, -0.15) is 0 Å². The highest BCUT2D eigenvalue weighted by molar-refractivity contribution is 5.87. The minimum atomic E-state index is -0.588. The summed E-state index contributed by atoms with van der Waals surface area (Å²) in [5.41, 5.74) is 2.06. The third-order valence-corrected chi connectivity index (χ3v) is 2.10. The predicted octanol–water partition coefficient (Wildman–Crippen LogP) is 2.95. The second-order valence-corrected chi connectivity index (χ2v) is 3.89. The lowest BCUT2D eigenvalue weighted by Crippen LogP contribution is -2.13. The summed E-state index contributed by atoms with van der Waals surface area (Å²) in [6.45, 7) is 8.30. The van der Waals surface area contributed by atoms with Gasteiger partial charge >= 0.3 is 6.09 Å². The molecule has 0 fully saturated rings. The van der Waals surface area contributed by atoms with Crippen LogP contribution in [0.1, 0.15) is 13.8 Å². The van der Waals surface area contributed by atoms with Crippen molar-refractivity contribution < 1.29 is 14.6 Å². The number of phenolic OH excluding ortho intramolecular Hbond substituents is 1. The van der Waals surface area contributed by atoms with E-state index in [9.17, 15) is 9.90 Å². The Balaban J connectivity index is 2.67. The highest BCUT2D eigenvalue weighted by atomic mass is 16.5. The summed E-state index contributed by atoms with van der Waals surface area (Å²) in [5, 5.41) is 15.3. The Morgan fingerprint density at radius 1 is 1.50 bits per heavy atom. The Hall–Kier alpha value is -2.17. The molecule has 0 aliphatic carbocycles. The first-order valence-corrected chi connectivity index (χ1v) is 5.68. The summed E-state index contributed by atoms with van der Waals surface area (Å²) < 4.78 is 4.72. The van der Waals surface area contributed by atoms with Crippen molar-refractivity contribution in [1.29, 1.82) is 0 Å². The van der Waals surface area contributed by atoms with Gasteiger partial charge in [-0.05, 0) is 26.0 Å². The Bertz CT molecular complexity index is 444. The molecule has 0 bridgehead atoms. The lowest BCUT2D eigenvalue weighted by molar-refractivity contribution is 0.168. The molecular weight excluding hydrogens is 232 g/mol. The minimum Gasteiger partial charge on any atom is -0.506 e. The number of carbonyl (C=O) groups excluding carboxylic acids is 1. The zero-order valence-electron chi connectivity index (χ0n) is 10.6. The second-order valence-electron chi connectivity index (χ2n) is 3.89. The summed E-state index contributed by atoms with van der Waals surface area (Å²) >= 11 is 0. The van der Waals surface area contributed by atoms with Crippen LogP contribution in [0.3, 0.4) is 0 Å². The molecule has 1 aromatic rings. The van der Waals surface area contributed by atoms with Gasteiger partial charge in [0.05, 0.1) is 12.3 Å². The first-order chi connectivity index (χ1) is 8.52. The highest BCUT2D eigenvalue weighted by Crippen LogP contribution is 2.26. The number of amides is 1. The van der Waals surface area contributed by atoms with Crippen molar-refractivity contribution in [2.45, 2.75) is 13.8 Å². The minimum absolute atomic E-state index is 0.0187. The van der Waals surface area contributed by atoms with Crippen molar-refractivity contribution in [2.75, 3.05) is 23.8 Å². The zero-order valence-corrected chi connectivity index (χ0v) is 10.6. The Kier molecular flexibility index (Phi) is 5.05. The Morgan fingerprint density at radius 2 is 2.22 bits per heavy atom. The number of anilines is 2. The topological polar surface area (TPSA) is 70.6 Å². The molecule has 0 spiro atoms. The molecule has 0 atom stereocenters. The van der Waals surface area contributed by atoms with E-state index in [1.165, 1.54) is 6.07 Å². The maximum absolute atomic E-state index is 11.2. The normalized spacial score (nSPS) is 9.67. The van der Waals surface area contributed by atoms with Crippen LogP contribution in [-0.2, 0) is 4.74 Å². The molecule has 5 nitrogen and oxygen atoms in total. The van der Waals surface area contributed by atoms with Crippen LogP contribution in [-0.4, -0.2) is 24.4 Å². The molecule has 0 aromatic heterocycles. The number of phenols is 1. The van der Waals surface area contributed by atoms with Crippen molar-refractivity contribution in [1.82, 2.24) is 0 Å².